The topological polar surface area (TPSA) is 101 Å². The molecule has 31 heavy (non-hydrogen) atoms. The molecule has 0 unspecified atom stereocenters. The highest BCUT2D eigenvalue weighted by Crippen LogP contribution is 2.29. The second-order valence-corrected chi connectivity index (χ2v) is 8.28. The number of sulfonamides is 1. The Balaban J connectivity index is 1.71. The lowest BCUT2D eigenvalue weighted by atomic mass is 10.1. The molecule has 0 saturated heterocycles. The highest BCUT2D eigenvalue weighted by atomic mass is 32.2. The fourth-order valence-electron chi connectivity index (χ4n) is 2.70. The first-order valence-electron chi connectivity index (χ1n) is 8.88. The fourth-order valence-corrected chi connectivity index (χ4v) is 3.69. The molecule has 0 radical (unpaired) electrons. The number of amides is 1. The monoisotopic (exact) mass is 450 g/mol. The molecule has 0 bridgehead atoms. The maximum Gasteiger partial charge on any atom is 0.416 e. The normalized spacial score (nSPS) is 11.8. The largest absolute Gasteiger partial charge is 0.416 e. The van der Waals surface area contributed by atoms with Gasteiger partial charge in [0.05, 0.1) is 10.5 Å². The summed E-state index contributed by atoms with van der Waals surface area (Å²) in [5, 5.41) is 2.50. The average molecular weight is 450 g/mol. The third-order valence-corrected chi connectivity index (χ3v) is 5.47. The minimum absolute atomic E-state index is 0.0286. The van der Waals surface area contributed by atoms with Gasteiger partial charge in [0.1, 0.15) is 11.6 Å². The molecule has 0 aliphatic rings. The average Bonchev–Trinajstić information content (AvgIpc) is 2.66. The zero-order valence-electron chi connectivity index (χ0n) is 16.4. The van der Waals surface area contributed by atoms with E-state index in [1.165, 1.54) is 30.3 Å². The van der Waals surface area contributed by atoms with E-state index in [0.717, 1.165) is 24.3 Å². The number of halogens is 3. The van der Waals surface area contributed by atoms with Crippen LogP contribution in [-0.2, 0) is 16.2 Å². The van der Waals surface area contributed by atoms with E-state index in [1.807, 2.05) is 0 Å². The van der Waals surface area contributed by atoms with Crippen molar-refractivity contribution in [2.45, 2.75) is 24.9 Å². The van der Waals surface area contributed by atoms with Gasteiger partial charge in [-0.3, -0.25) is 9.52 Å². The molecule has 1 aromatic heterocycles. The molecule has 162 valence electrons. The van der Waals surface area contributed by atoms with Crippen molar-refractivity contribution in [3.05, 3.63) is 77.2 Å². The second-order valence-electron chi connectivity index (χ2n) is 6.60. The third-order valence-electron chi connectivity index (χ3n) is 4.10. The van der Waals surface area contributed by atoms with Crippen LogP contribution >= 0.6 is 0 Å². The number of benzene rings is 2. The van der Waals surface area contributed by atoms with Crippen LogP contribution in [-0.4, -0.2) is 24.3 Å². The van der Waals surface area contributed by atoms with Crippen molar-refractivity contribution in [2.75, 3.05) is 10.0 Å². The molecule has 1 amide bonds. The fraction of sp³-hybridized carbons (Fsp3) is 0.150. The molecule has 3 rings (SSSR count). The van der Waals surface area contributed by atoms with Crippen molar-refractivity contribution >= 4 is 27.4 Å². The second kappa shape index (κ2) is 8.34. The highest BCUT2D eigenvalue weighted by molar-refractivity contribution is 7.92. The number of alkyl halides is 3. The van der Waals surface area contributed by atoms with E-state index in [1.54, 1.807) is 13.8 Å². The van der Waals surface area contributed by atoms with Crippen LogP contribution in [0, 0.1) is 13.8 Å². The molecule has 3 aromatic rings. The molecule has 7 nitrogen and oxygen atoms in total. The Labute approximate surface area is 176 Å². The Morgan fingerprint density at radius 3 is 2.10 bits per heavy atom. The van der Waals surface area contributed by atoms with Crippen molar-refractivity contribution in [1.82, 2.24) is 9.97 Å². The van der Waals surface area contributed by atoms with E-state index in [-0.39, 0.29) is 22.0 Å². The molecule has 2 aromatic carbocycles. The summed E-state index contributed by atoms with van der Waals surface area (Å²) in [7, 11) is -3.92. The van der Waals surface area contributed by atoms with Crippen molar-refractivity contribution in [1.29, 1.82) is 0 Å². The van der Waals surface area contributed by atoms with Gasteiger partial charge in [0.2, 0.25) is 0 Å². The summed E-state index contributed by atoms with van der Waals surface area (Å²) in [6.07, 6.45) is -4.49. The van der Waals surface area contributed by atoms with Gasteiger partial charge in [-0.15, -0.1) is 0 Å². The van der Waals surface area contributed by atoms with Crippen LogP contribution in [0.15, 0.2) is 59.5 Å². The summed E-state index contributed by atoms with van der Waals surface area (Å²) in [6.45, 7) is 3.35. The lowest BCUT2D eigenvalue weighted by molar-refractivity contribution is -0.137. The Morgan fingerprint density at radius 1 is 0.935 bits per heavy atom. The molecule has 0 atom stereocenters. The predicted octanol–water partition coefficient (Wildman–Crippen LogP) is 4.17. The van der Waals surface area contributed by atoms with E-state index in [9.17, 15) is 26.4 Å². The van der Waals surface area contributed by atoms with Crippen LogP contribution in [0.25, 0.3) is 0 Å². The van der Waals surface area contributed by atoms with Crippen LogP contribution in [0.4, 0.5) is 24.7 Å². The van der Waals surface area contributed by atoms with E-state index in [0.29, 0.717) is 11.5 Å². The molecular formula is C20H17F3N4O3S. The summed E-state index contributed by atoms with van der Waals surface area (Å²) in [5.41, 5.74) is 0.0464. The molecule has 2 N–H and O–H groups in total. The number of hydrogen-bond donors (Lipinski definition) is 2. The van der Waals surface area contributed by atoms with Crippen molar-refractivity contribution in [3.63, 3.8) is 0 Å². The first-order chi connectivity index (χ1) is 14.4. The van der Waals surface area contributed by atoms with Gasteiger partial charge in [0.15, 0.2) is 0 Å². The zero-order valence-corrected chi connectivity index (χ0v) is 17.2. The Hall–Kier alpha value is -3.47. The Kier molecular flexibility index (Phi) is 5.98. The highest BCUT2D eigenvalue weighted by Gasteiger charge is 2.30. The van der Waals surface area contributed by atoms with E-state index in [2.05, 4.69) is 20.0 Å². The lowest BCUT2D eigenvalue weighted by Crippen LogP contribution is -2.15. The van der Waals surface area contributed by atoms with Crippen LogP contribution in [0.1, 0.15) is 27.4 Å². The third kappa shape index (κ3) is 5.57. The number of carbonyl (C=O) groups is 1. The number of nitrogens with zero attached hydrogens (tertiary/aromatic N) is 2. The first kappa shape index (κ1) is 22.2. The number of anilines is 2. The van der Waals surface area contributed by atoms with Gasteiger partial charge in [0.25, 0.3) is 15.9 Å². The zero-order chi connectivity index (χ0) is 22.8. The standard InChI is InChI=1S/C20H17F3N4O3S/c1-12-11-18(25-13(2)24-12)27-31(29,30)17-9-7-16(8-10-17)26-19(28)14-3-5-15(6-4-14)20(21,22)23/h3-11H,1-2H3,(H,26,28)(H,24,25,27). The van der Waals surface area contributed by atoms with Crippen LogP contribution in [0.5, 0.6) is 0 Å². The summed E-state index contributed by atoms with van der Waals surface area (Å²) in [4.78, 5) is 20.3. The summed E-state index contributed by atoms with van der Waals surface area (Å²) in [6, 6.07) is 10.5. The number of nitrogens with one attached hydrogen (secondary N) is 2. The van der Waals surface area contributed by atoms with E-state index < -0.39 is 27.7 Å². The Morgan fingerprint density at radius 2 is 1.55 bits per heavy atom. The van der Waals surface area contributed by atoms with E-state index in [4.69, 9.17) is 0 Å². The van der Waals surface area contributed by atoms with Gasteiger partial charge in [-0.25, -0.2) is 18.4 Å². The quantitative estimate of drug-likeness (QED) is 0.608. The molecule has 1 heterocycles. The van der Waals surface area contributed by atoms with E-state index >= 15 is 0 Å². The molecule has 0 aliphatic carbocycles. The van der Waals surface area contributed by atoms with Gasteiger partial charge in [0, 0.05) is 23.0 Å². The minimum atomic E-state index is -4.49. The lowest BCUT2D eigenvalue weighted by Gasteiger charge is -2.10. The van der Waals surface area contributed by atoms with Crippen molar-refractivity contribution in [3.8, 4) is 0 Å². The molecule has 0 fully saturated rings. The number of aromatic nitrogens is 2. The van der Waals surface area contributed by atoms with Gasteiger partial charge < -0.3 is 5.32 Å². The van der Waals surface area contributed by atoms with Gasteiger partial charge in [-0.05, 0) is 62.4 Å². The summed E-state index contributed by atoms with van der Waals surface area (Å²) >= 11 is 0. The minimum Gasteiger partial charge on any atom is -0.322 e. The summed E-state index contributed by atoms with van der Waals surface area (Å²) < 4.78 is 65.3. The maximum absolute atomic E-state index is 12.6. The van der Waals surface area contributed by atoms with Crippen LogP contribution in [0.2, 0.25) is 0 Å². The molecule has 0 spiro atoms. The molecule has 0 saturated carbocycles. The van der Waals surface area contributed by atoms with Crippen molar-refractivity contribution in [2.24, 2.45) is 0 Å². The van der Waals surface area contributed by atoms with Crippen LogP contribution < -0.4 is 10.0 Å². The molecular weight excluding hydrogens is 433 g/mol. The maximum atomic E-state index is 12.6. The summed E-state index contributed by atoms with van der Waals surface area (Å²) in [5.74, 6) is -0.0851. The molecule has 0 aliphatic heterocycles. The SMILES string of the molecule is Cc1cc(NS(=O)(=O)c2ccc(NC(=O)c3ccc(C(F)(F)F)cc3)cc2)nc(C)n1. The Bertz CT molecular complexity index is 1190. The molecule has 11 heteroatoms. The van der Waals surface area contributed by atoms with Gasteiger partial charge in [-0.2, -0.15) is 13.2 Å². The number of aryl methyl sites for hydroxylation is 2. The van der Waals surface area contributed by atoms with Crippen molar-refractivity contribution < 1.29 is 26.4 Å². The number of carbonyl (C=O) groups excluding carboxylic acids is 1. The smallest absolute Gasteiger partial charge is 0.322 e. The number of hydrogen-bond acceptors (Lipinski definition) is 5. The van der Waals surface area contributed by atoms with Gasteiger partial charge in [-0.1, -0.05) is 0 Å². The first-order valence-corrected chi connectivity index (χ1v) is 10.4. The number of rotatable bonds is 5. The predicted molar refractivity (Wildman–Crippen MR) is 108 cm³/mol. The van der Waals surface area contributed by atoms with Crippen LogP contribution in [0.3, 0.4) is 0 Å². The van der Waals surface area contributed by atoms with Gasteiger partial charge >= 0.3 is 6.18 Å².